The van der Waals surface area contributed by atoms with Crippen molar-refractivity contribution in [1.82, 2.24) is 9.80 Å². The fraction of sp³-hybridized carbons (Fsp3) is 0.560. The number of carbonyl (C=O) groups is 2. The van der Waals surface area contributed by atoms with E-state index in [9.17, 15) is 14.4 Å². The fourth-order valence-corrected chi connectivity index (χ4v) is 4.55. The zero-order valence-corrected chi connectivity index (χ0v) is 19.4. The van der Waals surface area contributed by atoms with Gasteiger partial charge < -0.3 is 19.0 Å². The summed E-state index contributed by atoms with van der Waals surface area (Å²) in [6, 6.07) is 3.69. The van der Waals surface area contributed by atoms with Gasteiger partial charge >= 0.3 is 5.63 Å². The maximum atomic E-state index is 13.2. The van der Waals surface area contributed by atoms with Gasteiger partial charge in [0.1, 0.15) is 11.3 Å². The van der Waals surface area contributed by atoms with Crippen LogP contribution in [0.3, 0.4) is 0 Å². The summed E-state index contributed by atoms with van der Waals surface area (Å²) in [7, 11) is 0. The molecule has 1 saturated heterocycles. The number of hydrogen-bond donors (Lipinski definition) is 0. The second kappa shape index (κ2) is 8.96. The van der Waals surface area contributed by atoms with Gasteiger partial charge in [0.05, 0.1) is 5.39 Å². The molecule has 0 N–H and O–H groups in total. The maximum absolute atomic E-state index is 13.2. The van der Waals surface area contributed by atoms with Gasteiger partial charge in [-0.1, -0.05) is 6.42 Å². The summed E-state index contributed by atoms with van der Waals surface area (Å²) in [5, 5.41) is 0.723. The van der Waals surface area contributed by atoms with E-state index in [1.807, 2.05) is 30.9 Å². The molecule has 2 heterocycles. The van der Waals surface area contributed by atoms with Gasteiger partial charge in [-0.2, -0.15) is 0 Å². The monoisotopic (exact) mass is 440 g/mol. The quantitative estimate of drug-likeness (QED) is 0.681. The highest BCUT2D eigenvalue weighted by molar-refractivity contribution is 5.89. The molecule has 7 nitrogen and oxygen atoms in total. The number of ether oxygens (including phenoxy) is 1. The molecule has 32 heavy (non-hydrogen) atoms. The first-order valence-electron chi connectivity index (χ1n) is 11.5. The molecule has 1 aliphatic heterocycles. The Hall–Kier alpha value is -2.83. The van der Waals surface area contributed by atoms with E-state index in [4.69, 9.17) is 9.15 Å². The van der Waals surface area contributed by atoms with Crippen molar-refractivity contribution in [3.63, 3.8) is 0 Å². The predicted octanol–water partition coefficient (Wildman–Crippen LogP) is 3.35. The molecule has 1 aliphatic carbocycles. The molecule has 7 heteroatoms. The molecule has 4 rings (SSSR count). The molecular weight excluding hydrogens is 408 g/mol. The van der Waals surface area contributed by atoms with Crippen molar-refractivity contribution < 1.29 is 18.7 Å². The second-order valence-corrected chi connectivity index (χ2v) is 9.17. The third-order valence-corrected chi connectivity index (χ3v) is 6.88. The molecule has 2 aromatic rings. The highest BCUT2D eigenvalue weighted by Crippen LogP contribution is 2.32. The van der Waals surface area contributed by atoms with Crippen molar-refractivity contribution in [3.05, 3.63) is 39.2 Å². The van der Waals surface area contributed by atoms with Crippen LogP contribution in [0.5, 0.6) is 5.75 Å². The lowest BCUT2D eigenvalue weighted by atomic mass is 9.84. The minimum Gasteiger partial charge on any atom is -0.480 e. The lowest BCUT2D eigenvalue weighted by Crippen LogP contribution is -2.44. The average molecular weight is 441 g/mol. The van der Waals surface area contributed by atoms with Gasteiger partial charge in [0, 0.05) is 37.7 Å². The van der Waals surface area contributed by atoms with E-state index >= 15 is 0 Å². The van der Waals surface area contributed by atoms with E-state index in [2.05, 4.69) is 0 Å². The SMILES string of the molecule is Cc1cc(OC(C)C(=O)N2CCCN(C(=O)C3CCC3)CC2)c2c(C)c(C)c(=O)oc2c1. The Morgan fingerprint density at radius 2 is 1.69 bits per heavy atom. The van der Waals surface area contributed by atoms with Crippen molar-refractivity contribution in [2.45, 2.75) is 59.5 Å². The number of aryl methyl sites for hydroxylation is 2. The molecule has 0 spiro atoms. The van der Waals surface area contributed by atoms with E-state index in [1.165, 1.54) is 0 Å². The summed E-state index contributed by atoms with van der Waals surface area (Å²) in [4.78, 5) is 41.6. The lowest BCUT2D eigenvalue weighted by Gasteiger charge is -2.31. The van der Waals surface area contributed by atoms with Crippen LogP contribution in [0.25, 0.3) is 11.0 Å². The highest BCUT2D eigenvalue weighted by Gasteiger charge is 2.32. The van der Waals surface area contributed by atoms with E-state index < -0.39 is 6.10 Å². The summed E-state index contributed by atoms with van der Waals surface area (Å²) in [5.41, 5.74) is 2.33. The van der Waals surface area contributed by atoms with Crippen LogP contribution in [0.2, 0.25) is 0 Å². The zero-order valence-electron chi connectivity index (χ0n) is 19.4. The van der Waals surface area contributed by atoms with Gasteiger partial charge in [0.25, 0.3) is 5.91 Å². The lowest BCUT2D eigenvalue weighted by molar-refractivity contribution is -0.140. The number of fused-ring (bicyclic) bond motifs is 1. The summed E-state index contributed by atoms with van der Waals surface area (Å²) in [6.07, 6.45) is 3.20. The Morgan fingerprint density at radius 3 is 2.38 bits per heavy atom. The van der Waals surface area contributed by atoms with E-state index in [1.54, 1.807) is 18.7 Å². The predicted molar refractivity (Wildman–Crippen MR) is 122 cm³/mol. The Kier molecular flexibility index (Phi) is 6.26. The molecule has 1 unspecified atom stereocenters. The highest BCUT2D eigenvalue weighted by atomic mass is 16.5. The largest absolute Gasteiger partial charge is 0.480 e. The van der Waals surface area contributed by atoms with Crippen molar-refractivity contribution in [2.24, 2.45) is 5.92 Å². The van der Waals surface area contributed by atoms with Crippen molar-refractivity contribution in [2.75, 3.05) is 26.2 Å². The van der Waals surface area contributed by atoms with Gasteiger partial charge in [-0.15, -0.1) is 0 Å². The van der Waals surface area contributed by atoms with Crippen molar-refractivity contribution >= 4 is 22.8 Å². The molecule has 2 fully saturated rings. The van der Waals surface area contributed by atoms with Gasteiger partial charge in [0.15, 0.2) is 6.10 Å². The first kappa shape index (κ1) is 22.4. The molecule has 0 radical (unpaired) electrons. The summed E-state index contributed by atoms with van der Waals surface area (Å²) >= 11 is 0. The third kappa shape index (κ3) is 4.25. The third-order valence-electron chi connectivity index (χ3n) is 6.88. The number of benzene rings is 1. The topological polar surface area (TPSA) is 80.1 Å². The van der Waals surface area contributed by atoms with Crippen LogP contribution in [-0.4, -0.2) is 53.9 Å². The number of amides is 2. The molecule has 1 aromatic heterocycles. The zero-order chi connectivity index (χ0) is 23.0. The van der Waals surface area contributed by atoms with Crippen molar-refractivity contribution in [3.8, 4) is 5.75 Å². The number of hydrogen-bond acceptors (Lipinski definition) is 5. The average Bonchev–Trinajstić information content (AvgIpc) is 2.96. The summed E-state index contributed by atoms with van der Waals surface area (Å²) in [5.74, 6) is 0.875. The normalized spacial score (nSPS) is 18.2. The summed E-state index contributed by atoms with van der Waals surface area (Å²) < 4.78 is 11.6. The van der Waals surface area contributed by atoms with E-state index in [0.717, 1.165) is 42.2 Å². The molecule has 1 atom stereocenters. The molecule has 1 saturated carbocycles. The molecule has 2 amide bonds. The van der Waals surface area contributed by atoms with E-state index in [-0.39, 0.29) is 23.4 Å². The van der Waals surface area contributed by atoms with Crippen LogP contribution in [0, 0.1) is 26.7 Å². The van der Waals surface area contributed by atoms with Gasteiger partial charge in [-0.3, -0.25) is 9.59 Å². The van der Waals surface area contributed by atoms with Gasteiger partial charge in [-0.05, 0) is 70.2 Å². The number of nitrogens with zero attached hydrogens (tertiary/aromatic N) is 2. The van der Waals surface area contributed by atoms with Crippen LogP contribution < -0.4 is 10.4 Å². The molecule has 2 aliphatic rings. The summed E-state index contributed by atoms with van der Waals surface area (Å²) in [6.45, 7) is 9.66. The van der Waals surface area contributed by atoms with Crippen LogP contribution in [0.4, 0.5) is 0 Å². The van der Waals surface area contributed by atoms with Gasteiger partial charge in [0.2, 0.25) is 5.91 Å². The maximum Gasteiger partial charge on any atom is 0.339 e. The Bertz CT molecular complexity index is 1100. The number of rotatable bonds is 4. The first-order chi connectivity index (χ1) is 15.3. The number of carbonyl (C=O) groups excluding carboxylic acids is 2. The molecule has 1 aromatic carbocycles. The molecular formula is C25H32N2O5. The molecule has 0 bridgehead atoms. The first-order valence-corrected chi connectivity index (χ1v) is 11.5. The Balaban J connectivity index is 1.49. The van der Waals surface area contributed by atoms with Crippen LogP contribution >= 0.6 is 0 Å². The molecule has 172 valence electrons. The standard InChI is InChI=1S/C25H32N2O5/c1-15-13-20(22-16(2)17(3)25(30)32-21(22)14-15)31-18(4)23(28)26-9-6-10-27(12-11-26)24(29)19-7-5-8-19/h13-14,18-19H,5-12H2,1-4H3. The fourth-order valence-electron chi connectivity index (χ4n) is 4.55. The minimum atomic E-state index is -0.694. The van der Waals surface area contributed by atoms with Crippen LogP contribution in [0.15, 0.2) is 21.3 Å². The minimum absolute atomic E-state index is 0.0932. The Morgan fingerprint density at radius 1 is 1.00 bits per heavy atom. The van der Waals surface area contributed by atoms with Crippen molar-refractivity contribution in [1.29, 1.82) is 0 Å². The van der Waals surface area contributed by atoms with Gasteiger partial charge in [-0.25, -0.2) is 4.79 Å². The van der Waals surface area contributed by atoms with E-state index in [0.29, 0.717) is 43.1 Å². The van der Waals surface area contributed by atoms with Crippen LogP contribution in [0.1, 0.15) is 49.3 Å². The van der Waals surface area contributed by atoms with Crippen LogP contribution in [-0.2, 0) is 9.59 Å². The Labute approximate surface area is 188 Å². The smallest absolute Gasteiger partial charge is 0.339 e. The second-order valence-electron chi connectivity index (χ2n) is 9.17.